The molecule has 0 bridgehead atoms. The quantitative estimate of drug-likeness (QED) is 0.774. The molecule has 0 fully saturated rings. The van der Waals surface area contributed by atoms with Gasteiger partial charge in [0.15, 0.2) is 0 Å². The fraction of sp³-hybridized carbons (Fsp3) is 0.143. The molecule has 0 saturated carbocycles. The van der Waals surface area contributed by atoms with Crippen LogP contribution in [0.3, 0.4) is 0 Å². The number of rotatable bonds is 5. The van der Waals surface area contributed by atoms with E-state index >= 15 is 0 Å². The zero-order chi connectivity index (χ0) is 13.7. The van der Waals surface area contributed by atoms with Crippen LogP contribution in [0.4, 0.5) is 4.39 Å². The van der Waals surface area contributed by atoms with Crippen molar-refractivity contribution >= 4 is 33.5 Å². The molecule has 0 aliphatic heterocycles. The second-order valence-corrected chi connectivity index (χ2v) is 5.84. The van der Waals surface area contributed by atoms with Crippen molar-refractivity contribution in [3.05, 3.63) is 58.6 Å². The molecule has 0 aliphatic carbocycles. The van der Waals surface area contributed by atoms with Gasteiger partial charge in [0.25, 0.3) is 0 Å². The first kappa shape index (κ1) is 14.2. The number of pyridine rings is 1. The highest BCUT2D eigenvalue weighted by molar-refractivity contribution is 9.10. The van der Waals surface area contributed by atoms with Gasteiger partial charge in [-0.05, 0) is 40.2 Å². The second kappa shape index (κ2) is 6.82. The van der Waals surface area contributed by atoms with E-state index in [0.717, 1.165) is 10.2 Å². The van der Waals surface area contributed by atoms with Gasteiger partial charge in [0.2, 0.25) is 0 Å². The lowest BCUT2D eigenvalue weighted by Gasteiger charge is -2.03. The van der Waals surface area contributed by atoms with Crippen molar-refractivity contribution in [2.75, 3.05) is 5.75 Å². The number of carbonyl (C=O) groups excluding carboxylic acids is 1. The van der Waals surface area contributed by atoms with E-state index in [1.165, 1.54) is 17.8 Å². The van der Waals surface area contributed by atoms with Gasteiger partial charge in [0.05, 0.1) is 5.75 Å². The Labute approximate surface area is 123 Å². The molecule has 1 heterocycles. The van der Waals surface area contributed by atoms with Crippen molar-refractivity contribution in [1.29, 1.82) is 0 Å². The zero-order valence-electron chi connectivity index (χ0n) is 9.98. The first-order chi connectivity index (χ1) is 9.15. The standard InChI is InChI=1S/C14H11BrFNOS/c15-10-5-6-11(17-8-10)7-12(18)9-19-14-4-2-1-3-13(14)16/h1-6,8H,7,9H2. The Morgan fingerprint density at radius 1 is 1.26 bits per heavy atom. The van der Waals surface area contributed by atoms with E-state index < -0.39 is 0 Å². The summed E-state index contributed by atoms with van der Waals surface area (Å²) in [4.78, 5) is 16.4. The lowest BCUT2D eigenvalue weighted by atomic mass is 10.2. The largest absolute Gasteiger partial charge is 0.298 e. The van der Waals surface area contributed by atoms with Crippen molar-refractivity contribution in [1.82, 2.24) is 4.98 Å². The monoisotopic (exact) mass is 339 g/mol. The number of Topliss-reactive ketones (excluding diaryl/α,β-unsaturated/α-hetero) is 1. The summed E-state index contributed by atoms with van der Waals surface area (Å²) >= 11 is 4.50. The molecule has 19 heavy (non-hydrogen) atoms. The number of benzene rings is 1. The van der Waals surface area contributed by atoms with Crippen molar-refractivity contribution in [2.24, 2.45) is 0 Å². The highest BCUT2D eigenvalue weighted by Gasteiger charge is 2.08. The number of hydrogen-bond acceptors (Lipinski definition) is 3. The maximum absolute atomic E-state index is 13.4. The minimum Gasteiger partial charge on any atom is -0.298 e. The summed E-state index contributed by atoms with van der Waals surface area (Å²) in [6.45, 7) is 0. The lowest BCUT2D eigenvalue weighted by Crippen LogP contribution is -2.07. The molecule has 1 aromatic heterocycles. The predicted octanol–water partition coefficient (Wildman–Crippen LogP) is 3.89. The Balaban J connectivity index is 1.88. The molecule has 2 aromatic rings. The Bertz CT molecular complexity index is 574. The van der Waals surface area contributed by atoms with E-state index in [-0.39, 0.29) is 23.8 Å². The summed E-state index contributed by atoms with van der Waals surface area (Å²) in [6.07, 6.45) is 1.93. The molecular formula is C14H11BrFNOS. The topological polar surface area (TPSA) is 30.0 Å². The average molecular weight is 340 g/mol. The van der Waals surface area contributed by atoms with Crippen molar-refractivity contribution < 1.29 is 9.18 Å². The number of hydrogen-bond donors (Lipinski definition) is 0. The van der Waals surface area contributed by atoms with Crippen LogP contribution in [0, 0.1) is 5.82 Å². The molecule has 0 N–H and O–H groups in total. The van der Waals surface area contributed by atoms with Crippen LogP contribution in [-0.2, 0) is 11.2 Å². The Morgan fingerprint density at radius 3 is 2.74 bits per heavy atom. The molecule has 0 atom stereocenters. The molecular weight excluding hydrogens is 329 g/mol. The molecule has 2 rings (SSSR count). The summed E-state index contributed by atoms with van der Waals surface area (Å²) in [5.74, 6) is -0.0104. The molecule has 0 spiro atoms. The zero-order valence-corrected chi connectivity index (χ0v) is 12.4. The summed E-state index contributed by atoms with van der Waals surface area (Å²) in [6, 6.07) is 10.1. The van der Waals surface area contributed by atoms with E-state index in [2.05, 4.69) is 20.9 Å². The van der Waals surface area contributed by atoms with E-state index in [9.17, 15) is 9.18 Å². The molecule has 0 saturated heterocycles. The summed E-state index contributed by atoms with van der Waals surface area (Å²) in [5.41, 5.74) is 0.724. The number of thioether (sulfide) groups is 1. The molecule has 0 unspecified atom stereocenters. The van der Waals surface area contributed by atoms with Crippen LogP contribution in [0.1, 0.15) is 5.69 Å². The number of ketones is 1. The molecule has 5 heteroatoms. The molecule has 2 nitrogen and oxygen atoms in total. The van der Waals surface area contributed by atoms with Gasteiger partial charge >= 0.3 is 0 Å². The maximum Gasteiger partial charge on any atom is 0.149 e. The van der Waals surface area contributed by atoms with Crippen LogP contribution in [0.5, 0.6) is 0 Å². The van der Waals surface area contributed by atoms with Gasteiger partial charge < -0.3 is 0 Å². The van der Waals surface area contributed by atoms with Crippen LogP contribution in [0.2, 0.25) is 0 Å². The number of carbonyl (C=O) groups is 1. The van der Waals surface area contributed by atoms with Crippen molar-refractivity contribution in [2.45, 2.75) is 11.3 Å². The minimum atomic E-state index is -0.290. The molecule has 0 radical (unpaired) electrons. The first-order valence-electron chi connectivity index (χ1n) is 5.64. The van der Waals surface area contributed by atoms with Crippen LogP contribution in [-0.4, -0.2) is 16.5 Å². The average Bonchev–Trinajstić information content (AvgIpc) is 2.40. The molecule has 0 amide bonds. The van der Waals surface area contributed by atoms with Gasteiger partial charge in [-0.2, -0.15) is 0 Å². The Hall–Kier alpha value is -1.20. The first-order valence-corrected chi connectivity index (χ1v) is 7.42. The second-order valence-electron chi connectivity index (χ2n) is 3.90. The molecule has 0 aliphatic rings. The van der Waals surface area contributed by atoms with E-state index in [4.69, 9.17) is 0 Å². The third kappa shape index (κ3) is 4.44. The number of nitrogens with zero attached hydrogens (tertiary/aromatic N) is 1. The van der Waals surface area contributed by atoms with E-state index in [1.54, 1.807) is 30.5 Å². The van der Waals surface area contributed by atoms with Gasteiger partial charge in [0, 0.05) is 27.7 Å². The third-order valence-electron chi connectivity index (χ3n) is 2.39. The minimum absolute atomic E-state index is 0.0306. The normalized spacial score (nSPS) is 10.4. The van der Waals surface area contributed by atoms with Gasteiger partial charge in [-0.15, -0.1) is 11.8 Å². The van der Waals surface area contributed by atoms with E-state index in [0.29, 0.717) is 4.90 Å². The van der Waals surface area contributed by atoms with Crippen molar-refractivity contribution in [3.8, 4) is 0 Å². The number of halogens is 2. The van der Waals surface area contributed by atoms with Crippen LogP contribution < -0.4 is 0 Å². The van der Waals surface area contributed by atoms with Crippen LogP contribution in [0.25, 0.3) is 0 Å². The molecule has 1 aromatic carbocycles. The summed E-state index contributed by atoms with van der Waals surface area (Å²) in [5, 5.41) is 0. The van der Waals surface area contributed by atoms with E-state index in [1.807, 2.05) is 6.07 Å². The lowest BCUT2D eigenvalue weighted by molar-refractivity contribution is -0.116. The SMILES string of the molecule is O=C(CSc1ccccc1F)Cc1ccc(Br)cn1. The number of aromatic nitrogens is 1. The smallest absolute Gasteiger partial charge is 0.149 e. The highest BCUT2D eigenvalue weighted by atomic mass is 79.9. The van der Waals surface area contributed by atoms with Crippen molar-refractivity contribution in [3.63, 3.8) is 0 Å². The predicted molar refractivity (Wildman–Crippen MR) is 77.8 cm³/mol. The van der Waals surface area contributed by atoms with Gasteiger partial charge in [0.1, 0.15) is 11.6 Å². The van der Waals surface area contributed by atoms with Crippen LogP contribution >= 0.6 is 27.7 Å². The van der Waals surface area contributed by atoms with Gasteiger partial charge in [-0.3, -0.25) is 9.78 Å². The summed E-state index contributed by atoms with van der Waals surface area (Å²) < 4.78 is 14.2. The third-order valence-corrected chi connectivity index (χ3v) is 3.97. The Morgan fingerprint density at radius 2 is 2.05 bits per heavy atom. The summed E-state index contributed by atoms with van der Waals surface area (Å²) in [7, 11) is 0. The van der Waals surface area contributed by atoms with Crippen LogP contribution in [0.15, 0.2) is 52.0 Å². The van der Waals surface area contributed by atoms with Gasteiger partial charge in [-0.25, -0.2) is 4.39 Å². The van der Waals surface area contributed by atoms with Gasteiger partial charge in [-0.1, -0.05) is 12.1 Å². The maximum atomic E-state index is 13.4. The Kier molecular flexibility index (Phi) is 5.10. The fourth-order valence-corrected chi connectivity index (χ4v) is 2.52. The fourth-order valence-electron chi connectivity index (χ4n) is 1.48. The highest BCUT2D eigenvalue weighted by Crippen LogP contribution is 2.21. The molecule has 98 valence electrons.